The fraction of sp³-hybridized carbons (Fsp3) is 0.125. The summed E-state index contributed by atoms with van der Waals surface area (Å²) >= 11 is 12.4. The van der Waals surface area contributed by atoms with Gasteiger partial charge in [0.1, 0.15) is 17.6 Å². The summed E-state index contributed by atoms with van der Waals surface area (Å²) in [4.78, 5) is 38.3. The lowest BCUT2D eigenvalue weighted by Crippen LogP contribution is -2.29. The predicted octanol–water partition coefficient (Wildman–Crippen LogP) is 4.85. The zero-order valence-corrected chi connectivity index (χ0v) is 19.1. The van der Waals surface area contributed by atoms with E-state index in [2.05, 4.69) is 0 Å². The van der Waals surface area contributed by atoms with Crippen molar-refractivity contribution in [2.45, 2.75) is 12.5 Å². The molecule has 0 bridgehead atoms. The normalized spacial score (nSPS) is 17.3. The van der Waals surface area contributed by atoms with Crippen molar-refractivity contribution in [1.29, 1.82) is 0 Å². The number of carbonyl (C=O) groups excluding carboxylic acids is 2. The lowest BCUT2D eigenvalue weighted by Gasteiger charge is -2.23. The summed E-state index contributed by atoms with van der Waals surface area (Å²) in [5.41, 5.74) is 0.737. The Morgan fingerprint density at radius 1 is 1.09 bits per heavy atom. The molecular formula is C24H17Cl2NO7. The SMILES string of the molecule is COc1c(Cl)cc(/C(O)=C2/C(=O)C(=O)N(c3ccc(CC(=O)O)cc3)C2c2ccco2)cc1Cl. The predicted molar refractivity (Wildman–Crippen MR) is 124 cm³/mol. The van der Waals surface area contributed by atoms with Gasteiger partial charge in [0.05, 0.1) is 35.4 Å². The van der Waals surface area contributed by atoms with Gasteiger partial charge < -0.3 is 19.4 Å². The van der Waals surface area contributed by atoms with Gasteiger partial charge in [0.15, 0.2) is 5.75 Å². The van der Waals surface area contributed by atoms with Gasteiger partial charge in [-0.3, -0.25) is 19.3 Å². The van der Waals surface area contributed by atoms with Gasteiger partial charge in [0, 0.05) is 11.3 Å². The first-order valence-corrected chi connectivity index (χ1v) is 10.7. The number of Topliss-reactive ketones (excluding diaryl/α,β-unsaturated/α-hetero) is 1. The number of ether oxygens (including phenoxy) is 1. The number of carboxylic acid groups (broad SMARTS) is 1. The summed E-state index contributed by atoms with van der Waals surface area (Å²) in [6.07, 6.45) is 1.19. The number of halogens is 2. The maximum absolute atomic E-state index is 13.1. The summed E-state index contributed by atoms with van der Waals surface area (Å²) in [6.45, 7) is 0. The molecule has 3 aromatic rings. The van der Waals surface area contributed by atoms with Crippen molar-refractivity contribution in [1.82, 2.24) is 0 Å². The molecule has 2 heterocycles. The maximum Gasteiger partial charge on any atom is 0.307 e. The second kappa shape index (κ2) is 9.24. The largest absolute Gasteiger partial charge is 0.507 e. The van der Waals surface area contributed by atoms with Crippen molar-refractivity contribution < 1.29 is 33.8 Å². The highest BCUT2D eigenvalue weighted by molar-refractivity contribution is 6.51. The monoisotopic (exact) mass is 501 g/mol. The number of carbonyl (C=O) groups is 3. The summed E-state index contributed by atoms with van der Waals surface area (Å²) in [5.74, 6) is -2.88. The van der Waals surface area contributed by atoms with Gasteiger partial charge in [-0.2, -0.15) is 0 Å². The molecule has 34 heavy (non-hydrogen) atoms. The number of methoxy groups -OCH3 is 1. The van der Waals surface area contributed by atoms with Crippen LogP contribution < -0.4 is 9.64 Å². The van der Waals surface area contributed by atoms with Crippen LogP contribution in [0.4, 0.5) is 5.69 Å². The van der Waals surface area contributed by atoms with E-state index in [4.69, 9.17) is 37.5 Å². The Kier molecular flexibility index (Phi) is 6.37. The molecule has 1 aliphatic rings. The first-order valence-electron chi connectivity index (χ1n) is 9.91. The summed E-state index contributed by atoms with van der Waals surface area (Å²) < 4.78 is 10.6. The molecule has 0 radical (unpaired) electrons. The van der Waals surface area contributed by atoms with Crippen molar-refractivity contribution >= 4 is 52.3 Å². The molecule has 1 aromatic heterocycles. The van der Waals surface area contributed by atoms with Crippen molar-refractivity contribution in [3.8, 4) is 5.75 Å². The molecule has 8 nitrogen and oxygen atoms in total. The minimum Gasteiger partial charge on any atom is -0.507 e. The van der Waals surface area contributed by atoms with Gasteiger partial charge in [-0.05, 0) is 42.0 Å². The Bertz CT molecular complexity index is 1290. The molecule has 4 rings (SSSR count). The molecule has 1 saturated heterocycles. The molecule has 2 N–H and O–H groups in total. The van der Waals surface area contributed by atoms with Crippen LogP contribution in [0.15, 0.2) is 64.8 Å². The van der Waals surface area contributed by atoms with E-state index in [0.717, 1.165) is 0 Å². The number of amides is 1. The number of aliphatic hydroxyl groups excluding tert-OH is 1. The van der Waals surface area contributed by atoms with Gasteiger partial charge in [-0.1, -0.05) is 35.3 Å². The highest BCUT2D eigenvalue weighted by Gasteiger charge is 2.48. The molecule has 1 unspecified atom stereocenters. The first kappa shape index (κ1) is 23.4. The zero-order valence-electron chi connectivity index (χ0n) is 17.6. The fourth-order valence-corrected chi connectivity index (χ4v) is 4.45. The standard InChI is InChI=1S/C24H17Cl2NO7/c1-33-23-15(25)10-13(11-16(23)26)21(30)19-20(17-3-2-8-34-17)27(24(32)22(19)31)14-6-4-12(5-7-14)9-18(28)29/h2-8,10-11,20,30H,9H2,1H3,(H,28,29)/b21-19-. The molecule has 1 amide bonds. The van der Waals surface area contributed by atoms with Gasteiger partial charge in [-0.15, -0.1) is 0 Å². The number of hydrogen-bond acceptors (Lipinski definition) is 6. The van der Waals surface area contributed by atoms with Crippen LogP contribution in [-0.2, 0) is 20.8 Å². The molecule has 174 valence electrons. The van der Waals surface area contributed by atoms with Gasteiger partial charge in [-0.25, -0.2) is 0 Å². The molecule has 0 aliphatic carbocycles. The van der Waals surface area contributed by atoms with E-state index >= 15 is 0 Å². The topological polar surface area (TPSA) is 117 Å². The average molecular weight is 502 g/mol. The maximum atomic E-state index is 13.1. The highest BCUT2D eigenvalue weighted by atomic mass is 35.5. The number of carboxylic acids is 1. The van der Waals surface area contributed by atoms with Crippen LogP contribution in [0.2, 0.25) is 10.0 Å². The Morgan fingerprint density at radius 3 is 2.26 bits per heavy atom. The highest BCUT2D eigenvalue weighted by Crippen LogP contribution is 2.43. The molecule has 10 heteroatoms. The van der Waals surface area contributed by atoms with E-state index in [1.54, 1.807) is 24.3 Å². The average Bonchev–Trinajstić information content (AvgIpc) is 3.40. The smallest absolute Gasteiger partial charge is 0.307 e. The van der Waals surface area contributed by atoms with Crippen molar-refractivity contribution in [2.75, 3.05) is 12.0 Å². The molecule has 2 aromatic carbocycles. The molecule has 0 spiro atoms. The molecule has 1 aliphatic heterocycles. The lowest BCUT2D eigenvalue weighted by atomic mass is 9.99. The third kappa shape index (κ3) is 4.13. The fourth-order valence-electron chi connectivity index (χ4n) is 3.81. The van der Waals surface area contributed by atoms with E-state index in [1.807, 2.05) is 0 Å². The minimum atomic E-state index is -1.08. The van der Waals surface area contributed by atoms with Crippen molar-refractivity contribution in [3.63, 3.8) is 0 Å². The van der Waals surface area contributed by atoms with Gasteiger partial charge >= 0.3 is 5.97 Å². The van der Waals surface area contributed by atoms with Crippen LogP contribution in [0.3, 0.4) is 0 Å². The summed E-state index contributed by atoms with van der Waals surface area (Å²) in [7, 11) is 1.39. The second-order valence-electron chi connectivity index (χ2n) is 7.39. The van der Waals surface area contributed by atoms with Crippen LogP contribution in [0.25, 0.3) is 5.76 Å². The molecular weight excluding hydrogens is 485 g/mol. The summed E-state index contributed by atoms with van der Waals surface area (Å²) in [5, 5.41) is 20.3. The van der Waals surface area contributed by atoms with Crippen molar-refractivity contribution in [3.05, 3.63) is 87.3 Å². The summed E-state index contributed by atoms with van der Waals surface area (Å²) in [6, 6.07) is 11.0. The van der Waals surface area contributed by atoms with E-state index in [0.29, 0.717) is 11.3 Å². The Labute approximate surface area is 203 Å². The molecule has 0 saturated carbocycles. The van der Waals surface area contributed by atoms with E-state index in [1.165, 1.54) is 42.5 Å². The third-order valence-corrected chi connectivity index (χ3v) is 5.86. The molecule has 1 fully saturated rings. The number of aliphatic hydroxyl groups is 1. The number of aliphatic carboxylic acids is 1. The number of anilines is 1. The van der Waals surface area contributed by atoms with Crippen LogP contribution >= 0.6 is 23.2 Å². The number of ketones is 1. The number of hydrogen-bond donors (Lipinski definition) is 2. The Hall–Kier alpha value is -3.75. The molecule has 1 atom stereocenters. The Morgan fingerprint density at radius 2 is 1.74 bits per heavy atom. The van der Waals surface area contributed by atoms with Gasteiger partial charge in [0.25, 0.3) is 11.7 Å². The van der Waals surface area contributed by atoms with E-state index in [-0.39, 0.29) is 39.1 Å². The third-order valence-electron chi connectivity index (χ3n) is 5.30. The number of rotatable bonds is 6. The first-order chi connectivity index (χ1) is 16.2. The Balaban J connectivity index is 1.86. The second-order valence-corrected chi connectivity index (χ2v) is 8.21. The quantitative estimate of drug-likeness (QED) is 0.281. The number of benzene rings is 2. The van der Waals surface area contributed by atoms with E-state index in [9.17, 15) is 19.5 Å². The van der Waals surface area contributed by atoms with Crippen LogP contribution in [0.5, 0.6) is 5.75 Å². The number of furan rings is 1. The van der Waals surface area contributed by atoms with Gasteiger partial charge in [0.2, 0.25) is 0 Å². The minimum absolute atomic E-state index is 0.106. The number of nitrogens with zero attached hydrogens (tertiary/aromatic N) is 1. The lowest BCUT2D eigenvalue weighted by molar-refractivity contribution is -0.136. The van der Waals surface area contributed by atoms with E-state index < -0.39 is 29.5 Å². The van der Waals surface area contributed by atoms with Crippen LogP contribution in [0, 0.1) is 0 Å². The van der Waals surface area contributed by atoms with Crippen LogP contribution in [-0.4, -0.2) is 35.0 Å². The zero-order chi connectivity index (χ0) is 24.6. The van der Waals surface area contributed by atoms with Crippen molar-refractivity contribution in [2.24, 2.45) is 0 Å². The van der Waals surface area contributed by atoms with Crippen LogP contribution in [0.1, 0.15) is 22.9 Å².